The normalized spacial score (nSPS) is 19.0. The van der Waals surface area contributed by atoms with Gasteiger partial charge in [-0.15, -0.1) is 0 Å². The first-order valence-electron chi connectivity index (χ1n) is 13.3. The van der Waals surface area contributed by atoms with Crippen molar-refractivity contribution in [3.8, 4) is 0 Å². The fourth-order valence-corrected chi connectivity index (χ4v) is 5.21. The Bertz CT molecular complexity index is 1010. The molecule has 2 fully saturated rings. The smallest absolute Gasteiger partial charge is 0.416 e. The number of carbonyl (C=O) groups is 2. The molecule has 4 rings (SSSR count). The maximum Gasteiger partial charge on any atom is 0.416 e. The van der Waals surface area contributed by atoms with E-state index in [4.69, 9.17) is 14.5 Å². The Labute approximate surface area is 214 Å². The van der Waals surface area contributed by atoms with Crippen LogP contribution in [0.4, 0.5) is 15.4 Å². The summed E-state index contributed by atoms with van der Waals surface area (Å²) in [5, 5.41) is 0. The zero-order valence-electron chi connectivity index (χ0n) is 21.8. The summed E-state index contributed by atoms with van der Waals surface area (Å²) in [6.45, 7) is 6.50. The molecule has 1 aromatic heterocycles. The van der Waals surface area contributed by atoms with Crippen molar-refractivity contribution in [1.82, 2.24) is 9.88 Å². The first kappa shape index (κ1) is 26.0. The molecule has 1 aromatic carbocycles. The lowest BCUT2D eigenvalue weighted by Crippen LogP contribution is -2.46. The molecule has 2 heterocycles. The topological polar surface area (TPSA) is 72.0 Å². The number of anilines is 1. The molecule has 1 saturated heterocycles. The number of likely N-dealkylation sites (tertiary alicyclic amines) is 1. The summed E-state index contributed by atoms with van der Waals surface area (Å²) in [4.78, 5) is 35.1. The number of piperidine rings is 1. The summed E-state index contributed by atoms with van der Waals surface area (Å²) in [5.74, 6) is 0.603. The van der Waals surface area contributed by atoms with Gasteiger partial charge >= 0.3 is 12.2 Å². The average molecular weight is 494 g/mol. The van der Waals surface area contributed by atoms with Crippen LogP contribution in [0.1, 0.15) is 89.3 Å². The van der Waals surface area contributed by atoms with Crippen LogP contribution in [-0.4, -0.2) is 40.3 Å². The molecule has 0 unspecified atom stereocenters. The Morgan fingerprint density at radius 1 is 0.972 bits per heavy atom. The molecule has 0 radical (unpaired) electrons. The van der Waals surface area contributed by atoms with Crippen LogP contribution in [0.3, 0.4) is 0 Å². The van der Waals surface area contributed by atoms with E-state index in [-0.39, 0.29) is 30.9 Å². The highest BCUT2D eigenvalue weighted by atomic mass is 16.6. The highest BCUT2D eigenvalue weighted by Crippen LogP contribution is 2.38. The van der Waals surface area contributed by atoms with E-state index in [1.165, 1.54) is 6.42 Å². The molecule has 36 heavy (non-hydrogen) atoms. The molecule has 0 N–H and O–H groups in total. The minimum Gasteiger partial charge on any atom is -0.445 e. The van der Waals surface area contributed by atoms with Crippen molar-refractivity contribution in [3.63, 3.8) is 0 Å². The van der Waals surface area contributed by atoms with Crippen molar-refractivity contribution in [2.24, 2.45) is 0 Å². The van der Waals surface area contributed by atoms with Gasteiger partial charge in [0.05, 0.1) is 6.04 Å². The van der Waals surface area contributed by atoms with Crippen LogP contribution in [0, 0.1) is 0 Å². The van der Waals surface area contributed by atoms with Crippen molar-refractivity contribution in [1.29, 1.82) is 0 Å². The molecule has 1 saturated carbocycles. The minimum atomic E-state index is -0.614. The lowest BCUT2D eigenvalue weighted by Gasteiger charge is -2.39. The Kier molecular flexibility index (Phi) is 8.49. The van der Waals surface area contributed by atoms with Crippen LogP contribution in [0.15, 0.2) is 48.7 Å². The van der Waals surface area contributed by atoms with Crippen LogP contribution in [0.25, 0.3) is 0 Å². The monoisotopic (exact) mass is 493 g/mol. The number of hydrogen-bond donors (Lipinski definition) is 0. The van der Waals surface area contributed by atoms with Gasteiger partial charge in [-0.25, -0.2) is 14.6 Å². The molecule has 7 nitrogen and oxygen atoms in total. The van der Waals surface area contributed by atoms with Gasteiger partial charge in [-0.2, -0.15) is 0 Å². The number of hydrogen-bond acceptors (Lipinski definition) is 5. The van der Waals surface area contributed by atoms with Gasteiger partial charge in [0.1, 0.15) is 18.0 Å². The van der Waals surface area contributed by atoms with E-state index < -0.39 is 5.60 Å². The number of pyridine rings is 1. The predicted molar refractivity (Wildman–Crippen MR) is 140 cm³/mol. The van der Waals surface area contributed by atoms with Crippen LogP contribution in [0.5, 0.6) is 0 Å². The van der Waals surface area contributed by atoms with E-state index in [0.717, 1.165) is 56.1 Å². The number of rotatable bonds is 5. The molecule has 1 aliphatic carbocycles. The highest BCUT2D eigenvalue weighted by molar-refractivity contribution is 5.88. The third-order valence-electron chi connectivity index (χ3n) is 6.88. The first-order chi connectivity index (χ1) is 17.3. The Morgan fingerprint density at radius 2 is 1.69 bits per heavy atom. The third kappa shape index (κ3) is 6.56. The summed E-state index contributed by atoms with van der Waals surface area (Å²) in [7, 11) is 0. The van der Waals surface area contributed by atoms with E-state index in [1.54, 1.807) is 16.0 Å². The Hall–Kier alpha value is -3.09. The van der Waals surface area contributed by atoms with Gasteiger partial charge < -0.3 is 14.4 Å². The summed E-state index contributed by atoms with van der Waals surface area (Å²) >= 11 is 0. The number of ether oxygens (including phenoxy) is 2. The van der Waals surface area contributed by atoms with Crippen molar-refractivity contribution in [2.45, 2.75) is 96.4 Å². The fraction of sp³-hybridized carbons (Fsp3) is 0.552. The maximum absolute atomic E-state index is 13.5. The van der Waals surface area contributed by atoms with Crippen molar-refractivity contribution in [2.75, 3.05) is 11.4 Å². The first-order valence-corrected chi connectivity index (χ1v) is 13.3. The third-order valence-corrected chi connectivity index (χ3v) is 6.88. The molecular weight excluding hydrogens is 454 g/mol. The second-order valence-electron chi connectivity index (χ2n) is 10.8. The SMILES string of the molecule is CC(C)(C)OC(=O)N(c1ncccc1[C@@H]1CCCCN1C(=O)OCc1ccccc1)C1CCCCC1. The molecule has 2 aliphatic rings. The van der Waals surface area contributed by atoms with Gasteiger partial charge in [0, 0.05) is 24.3 Å². The predicted octanol–water partition coefficient (Wildman–Crippen LogP) is 7.02. The van der Waals surface area contributed by atoms with Gasteiger partial charge in [0.2, 0.25) is 0 Å². The summed E-state index contributed by atoms with van der Waals surface area (Å²) in [6, 6.07) is 13.4. The second kappa shape index (κ2) is 11.8. The molecule has 0 spiro atoms. The lowest BCUT2D eigenvalue weighted by molar-refractivity contribution is 0.0554. The van der Waals surface area contributed by atoms with Gasteiger partial charge in [-0.1, -0.05) is 55.7 Å². The quantitative estimate of drug-likeness (QED) is 0.447. The summed E-state index contributed by atoms with van der Waals surface area (Å²) in [5.41, 5.74) is 1.22. The minimum absolute atomic E-state index is 0.0318. The number of aromatic nitrogens is 1. The molecular formula is C29H39N3O4. The van der Waals surface area contributed by atoms with E-state index in [0.29, 0.717) is 12.4 Å². The van der Waals surface area contributed by atoms with E-state index >= 15 is 0 Å². The van der Waals surface area contributed by atoms with E-state index in [9.17, 15) is 9.59 Å². The van der Waals surface area contributed by atoms with Crippen LogP contribution >= 0.6 is 0 Å². The van der Waals surface area contributed by atoms with Gasteiger partial charge in [-0.05, 0) is 64.5 Å². The Balaban J connectivity index is 1.62. The van der Waals surface area contributed by atoms with Gasteiger partial charge in [-0.3, -0.25) is 4.90 Å². The average Bonchev–Trinajstić information content (AvgIpc) is 2.88. The number of carbonyl (C=O) groups excluding carboxylic acids is 2. The number of nitrogens with zero attached hydrogens (tertiary/aromatic N) is 3. The second-order valence-corrected chi connectivity index (χ2v) is 10.8. The van der Waals surface area contributed by atoms with Crippen LogP contribution in [0.2, 0.25) is 0 Å². The molecule has 2 aromatic rings. The summed E-state index contributed by atoms with van der Waals surface area (Å²) < 4.78 is 11.6. The van der Waals surface area contributed by atoms with Crippen LogP contribution in [-0.2, 0) is 16.1 Å². The highest BCUT2D eigenvalue weighted by Gasteiger charge is 2.37. The molecule has 7 heteroatoms. The number of benzene rings is 1. The standard InChI is InChI=1S/C29H39N3O4/c1-29(2,3)36-28(34)32(23-15-8-5-9-16-23)26-24(17-12-19-30-26)25-18-10-11-20-31(25)27(33)35-21-22-13-6-4-7-14-22/h4,6-7,12-14,17,19,23,25H,5,8-11,15-16,18,20-21H2,1-3H3/t25-/m0/s1. The molecule has 0 bridgehead atoms. The van der Waals surface area contributed by atoms with Gasteiger partial charge in [0.25, 0.3) is 0 Å². The molecule has 2 amide bonds. The van der Waals surface area contributed by atoms with Crippen molar-refractivity contribution >= 4 is 18.0 Å². The lowest BCUT2D eigenvalue weighted by atomic mass is 9.92. The fourth-order valence-electron chi connectivity index (χ4n) is 5.21. The largest absolute Gasteiger partial charge is 0.445 e. The van der Waals surface area contributed by atoms with E-state index in [1.807, 2.05) is 63.2 Å². The maximum atomic E-state index is 13.5. The van der Waals surface area contributed by atoms with Crippen molar-refractivity contribution < 1.29 is 19.1 Å². The zero-order chi connectivity index (χ0) is 25.5. The Morgan fingerprint density at radius 3 is 2.42 bits per heavy atom. The molecule has 1 atom stereocenters. The summed E-state index contributed by atoms with van der Waals surface area (Å²) in [6.07, 6.45) is 8.90. The van der Waals surface area contributed by atoms with E-state index in [2.05, 4.69) is 0 Å². The van der Waals surface area contributed by atoms with Crippen LogP contribution < -0.4 is 4.90 Å². The molecule has 1 aliphatic heterocycles. The zero-order valence-corrected chi connectivity index (χ0v) is 21.8. The van der Waals surface area contributed by atoms with Gasteiger partial charge in [0.15, 0.2) is 0 Å². The number of amides is 2. The molecule has 194 valence electrons. The van der Waals surface area contributed by atoms with Crippen molar-refractivity contribution in [3.05, 3.63) is 59.8 Å².